The second-order valence-corrected chi connectivity index (χ2v) is 6.37. The van der Waals surface area contributed by atoms with Gasteiger partial charge in [-0.1, -0.05) is 12.1 Å². The maximum absolute atomic E-state index is 12.1. The van der Waals surface area contributed by atoms with E-state index in [1.54, 1.807) is 12.1 Å². The second kappa shape index (κ2) is 4.66. The molecule has 1 aromatic carbocycles. The lowest BCUT2D eigenvalue weighted by Gasteiger charge is -2.14. The van der Waals surface area contributed by atoms with Gasteiger partial charge in [0.05, 0.1) is 5.69 Å². The Morgan fingerprint density at radius 3 is 2.47 bits per heavy atom. The molecule has 5 heteroatoms. The minimum atomic E-state index is -3.42. The summed E-state index contributed by atoms with van der Waals surface area (Å²) in [5.41, 5.74) is 0.697. The van der Waals surface area contributed by atoms with Crippen LogP contribution in [0.2, 0.25) is 0 Å². The summed E-state index contributed by atoms with van der Waals surface area (Å²) in [4.78, 5) is 0.334. The van der Waals surface area contributed by atoms with Crippen LogP contribution in [0.25, 0.3) is 0 Å². The Hall–Kier alpha value is -1.07. The van der Waals surface area contributed by atoms with Gasteiger partial charge in [-0.15, -0.1) is 0 Å². The van der Waals surface area contributed by atoms with Crippen LogP contribution in [0.5, 0.6) is 0 Å². The summed E-state index contributed by atoms with van der Waals surface area (Å²) in [5, 5.41) is 3.24. The molecule has 1 fully saturated rings. The number of nitrogens with one attached hydrogen (secondary N) is 2. The fourth-order valence-electron chi connectivity index (χ4n) is 1.64. The highest BCUT2D eigenvalue weighted by molar-refractivity contribution is 7.89. The van der Waals surface area contributed by atoms with Crippen molar-refractivity contribution in [3.05, 3.63) is 24.3 Å². The highest BCUT2D eigenvalue weighted by atomic mass is 32.2. The Kier molecular flexibility index (Phi) is 3.40. The molecule has 0 radical (unpaired) electrons. The minimum Gasteiger partial charge on any atom is -0.381 e. The molecule has 0 spiro atoms. The molecular weight excluding hydrogens is 236 g/mol. The van der Waals surface area contributed by atoms with Crippen LogP contribution in [-0.4, -0.2) is 20.5 Å². The molecule has 0 amide bonds. The molecule has 1 aromatic rings. The fourth-order valence-corrected chi connectivity index (χ4v) is 3.06. The van der Waals surface area contributed by atoms with Crippen molar-refractivity contribution in [2.75, 3.05) is 5.32 Å². The average Bonchev–Trinajstić information content (AvgIpc) is 3.00. The van der Waals surface area contributed by atoms with Crippen molar-refractivity contribution in [1.29, 1.82) is 0 Å². The van der Waals surface area contributed by atoms with Gasteiger partial charge in [-0.2, -0.15) is 0 Å². The van der Waals surface area contributed by atoms with Crippen LogP contribution in [0.15, 0.2) is 29.2 Å². The van der Waals surface area contributed by atoms with E-state index in [-0.39, 0.29) is 6.04 Å². The largest absolute Gasteiger partial charge is 0.381 e. The number of hydrogen-bond acceptors (Lipinski definition) is 3. The lowest BCUT2D eigenvalue weighted by Crippen LogP contribution is -2.30. The van der Waals surface area contributed by atoms with Gasteiger partial charge in [0.15, 0.2) is 0 Å². The average molecular weight is 254 g/mol. The van der Waals surface area contributed by atoms with Gasteiger partial charge < -0.3 is 5.32 Å². The number of anilines is 1. The zero-order chi connectivity index (χ0) is 12.5. The van der Waals surface area contributed by atoms with Crippen LogP contribution in [0.3, 0.4) is 0 Å². The lowest BCUT2D eigenvalue weighted by atomic mass is 10.3. The predicted molar refractivity (Wildman–Crippen MR) is 68.5 cm³/mol. The first-order valence-electron chi connectivity index (χ1n) is 5.87. The molecule has 0 bridgehead atoms. The first-order chi connectivity index (χ1) is 7.99. The molecule has 0 saturated heterocycles. The van der Waals surface area contributed by atoms with Crippen molar-refractivity contribution >= 4 is 15.7 Å². The normalized spacial score (nSPS) is 16.2. The first kappa shape index (κ1) is 12.4. The lowest BCUT2D eigenvalue weighted by molar-refractivity contribution is 0.570. The standard InChI is InChI=1S/C12H18N2O2S/c1-9(2)14-17(15,16)12-6-4-3-5-11(12)13-10-7-8-10/h3-6,9-10,13-14H,7-8H2,1-2H3. The van der Waals surface area contributed by atoms with Gasteiger partial charge in [-0.3, -0.25) is 0 Å². The second-order valence-electron chi connectivity index (χ2n) is 4.69. The van der Waals surface area contributed by atoms with E-state index in [9.17, 15) is 8.42 Å². The fraction of sp³-hybridized carbons (Fsp3) is 0.500. The van der Waals surface area contributed by atoms with E-state index in [0.717, 1.165) is 12.8 Å². The van der Waals surface area contributed by atoms with Crippen LogP contribution in [0.4, 0.5) is 5.69 Å². The Labute approximate surface area is 102 Å². The molecule has 1 aliphatic rings. The predicted octanol–water partition coefficient (Wildman–Crippen LogP) is 1.95. The third-order valence-electron chi connectivity index (χ3n) is 2.50. The van der Waals surface area contributed by atoms with E-state index in [2.05, 4.69) is 10.0 Å². The third-order valence-corrected chi connectivity index (χ3v) is 4.22. The smallest absolute Gasteiger partial charge is 0.242 e. The molecule has 4 nitrogen and oxygen atoms in total. The molecule has 0 atom stereocenters. The molecule has 0 heterocycles. The summed E-state index contributed by atoms with van der Waals surface area (Å²) >= 11 is 0. The molecule has 2 N–H and O–H groups in total. The first-order valence-corrected chi connectivity index (χ1v) is 7.35. The van der Waals surface area contributed by atoms with E-state index in [1.165, 1.54) is 0 Å². The molecule has 1 aliphatic carbocycles. The molecule has 0 unspecified atom stereocenters. The van der Waals surface area contributed by atoms with Crippen LogP contribution >= 0.6 is 0 Å². The van der Waals surface area contributed by atoms with Crippen LogP contribution in [-0.2, 0) is 10.0 Å². The van der Waals surface area contributed by atoms with Crippen molar-refractivity contribution in [3.8, 4) is 0 Å². The summed E-state index contributed by atoms with van der Waals surface area (Å²) in [6.45, 7) is 3.63. The van der Waals surface area contributed by atoms with E-state index in [1.807, 2.05) is 26.0 Å². The quantitative estimate of drug-likeness (QED) is 0.844. The van der Waals surface area contributed by atoms with Gasteiger partial charge >= 0.3 is 0 Å². The summed E-state index contributed by atoms with van der Waals surface area (Å²) in [7, 11) is -3.42. The number of para-hydroxylation sites is 1. The molecule has 17 heavy (non-hydrogen) atoms. The highest BCUT2D eigenvalue weighted by Gasteiger charge is 2.25. The highest BCUT2D eigenvalue weighted by Crippen LogP contribution is 2.28. The molecule has 0 aromatic heterocycles. The number of benzene rings is 1. The van der Waals surface area contributed by atoms with Gasteiger partial charge in [-0.05, 0) is 38.8 Å². The Morgan fingerprint density at radius 1 is 1.24 bits per heavy atom. The molecule has 94 valence electrons. The van der Waals surface area contributed by atoms with Crippen molar-refractivity contribution in [3.63, 3.8) is 0 Å². The Morgan fingerprint density at radius 2 is 1.88 bits per heavy atom. The van der Waals surface area contributed by atoms with Gasteiger partial charge in [0.2, 0.25) is 10.0 Å². The zero-order valence-electron chi connectivity index (χ0n) is 10.1. The third kappa shape index (κ3) is 3.20. The zero-order valence-corrected chi connectivity index (χ0v) is 10.9. The Balaban J connectivity index is 2.29. The molecule has 1 saturated carbocycles. The number of rotatable bonds is 5. The van der Waals surface area contributed by atoms with Crippen LogP contribution in [0.1, 0.15) is 26.7 Å². The number of sulfonamides is 1. The van der Waals surface area contributed by atoms with E-state index >= 15 is 0 Å². The molecular formula is C12H18N2O2S. The van der Waals surface area contributed by atoms with Crippen LogP contribution < -0.4 is 10.0 Å². The molecule has 0 aliphatic heterocycles. The monoisotopic (exact) mass is 254 g/mol. The summed E-state index contributed by atoms with van der Waals surface area (Å²) in [5.74, 6) is 0. The van der Waals surface area contributed by atoms with E-state index in [0.29, 0.717) is 16.6 Å². The van der Waals surface area contributed by atoms with Gasteiger partial charge in [-0.25, -0.2) is 13.1 Å². The Bertz CT molecular complexity index is 493. The van der Waals surface area contributed by atoms with Gasteiger partial charge in [0.1, 0.15) is 4.90 Å². The summed E-state index contributed by atoms with van der Waals surface area (Å²) in [6.07, 6.45) is 2.23. The topological polar surface area (TPSA) is 58.2 Å². The van der Waals surface area contributed by atoms with E-state index in [4.69, 9.17) is 0 Å². The van der Waals surface area contributed by atoms with Gasteiger partial charge in [0, 0.05) is 12.1 Å². The van der Waals surface area contributed by atoms with Crippen molar-refractivity contribution < 1.29 is 8.42 Å². The van der Waals surface area contributed by atoms with Gasteiger partial charge in [0.25, 0.3) is 0 Å². The molecule has 2 rings (SSSR count). The number of hydrogen-bond donors (Lipinski definition) is 2. The van der Waals surface area contributed by atoms with Crippen molar-refractivity contribution in [1.82, 2.24) is 4.72 Å². The maximum Gasteiger partial charge on any atom is 0.242 e. The van der Waals surface area contributed by atoms with Crippen molar-refractivity contribution in [2.45, 2.75) is 43.7 Å². The van der Waals surface area contributed by atoms with Crippen LogP contribution in [0, 0.1) is 0 Å². The summed E-state index contributed by atoms with van der Waals surface area (Å²) < 4.78 is 26.8. The SMILES string of the molecule is CC(C)NS(=O)(=O)c1ccccc1NC1CC1. The maximum atomic E-state index is 12.1. The summed E-state index contributed by atoms with van der Waals surface area (Å²) in [6, 6.07) is 7.37. The minimum absolute atomic E-state index is 0.103. The van der Waals surface area contributed by atoms with Crippen molar-refractivity contribution in [2.24, 2.45) is 0 Å². The van der Waals surface area contributed by atoms with E-state index < -0.39 is 10.0 Å².